The van der Waals surface area contributed by atoms with Crippen LogP contribution in [0.15, 0.2) is 17.5 Å². The quantitative estimate of drug-likeness (QED) is 0.524. The normalized spacial score (nSPS) is 19.0. The molecule has 0 radical (unpaired) electrons. The van der Waals surface area contributed by atoms with E-state index < -0.39 is 23.8 Å². The highest BCUT2D eigenvalue weighted by Gasteiger charge is 2.29. The zero-order chi connectivity index (χ0) is 15.2. The van der Waals surface area contributed by atoms with Gasteiger partial charge in [0, 0.05) is 19.6 Å². The number of amides is 2. The molecule has 9 heteroatoms. The van der Waals surface area contributed by atoms with Crippen molar-refractivity contribution in [1.29, 1.82) is 0 Å². The Labute approximate surface area is 125 Å². The van der Waals surface area contributed by atoms with Crippen LogP contribution in [-0.2, 0) is 9.59 Å². The maximum atomic E-state index is 11.8. The van der Waals surface area contributed by atoms with E-state index in [0.29, 0.717) is 24.5 Å². The van der Waals surface area contributed by atoms with Crippen molar-refractivity contribution in [3.63, 3.8) is 0 Å². The summed E-state index contributed by atoms with van der Waals surface area (Å²) in [5.41, 5.74) is 4.59. The summed E-state index contributed by atoms with van der Waals surface area (Å²) in [5.74, 6) is -1.82. The molecule has 114 valence electrons. The van der Waals surface area contributed by atoms with E-state index in [9.17, 15) is 14.4 Å². The first kappa shape index (κ1) is 15.4. The third-order valence-corrected chi connectivity index (χ3v) is 3.92. The third kappa shape index (κ3) is 4.25. The first-order valence-electron chi connectivity index (χ1n) is 6.38. The molecule has 1 aliphatic rings. The number of piperazine rings is 1. The van der Waals surface area contributed by atoms with Crippen molar-refractivity contribution in [2.24, 2.45) is 0 Å². The molecule has 8 nitrogen and oxygen atoms in total. The number of carboxylic acid groups (broad SMARTS) is 1. The minimum atomic E-state index is -0.974. The van der Waals surface area contributed by atoms with Crippen LogP contribution in [0, 0.1) is 0 Å². The Balaban J connectivity index is 1.81. The number of thiophene rings is 1. The first-order chi connectivity index (χ1) is 10.1. The third-order valence-electron chi connectivity index (χ3n) is 3.05. The lowest BCUT2D eigenvalue weighted by Gasteiger charge is -2.32. The predicted molar refractivity (Wildman–Crippen MR) is 75.8 cm³/mol. The Kier molecular flexibility index (Phi) is 5.26. The van der Waals surface area contributed by atoms with E-state index in [0.717, 1.165) is 0 Å². The molecule has 1 aromatic rings. The van der Waals surface area contributed by atoms with Gasteiger partial charge in [0.15, 0.2) is 0 Å². The second kappa shape index (κ2) is 7.16. The molecule has 0 aromatic carbocycles. The van der Waals surface area contributed by atoms with Crippen molar-refractivity contribution in [2.45, 2.75) is 6.04 Å². The zero-order valence-corrected chi connectivity index (χ0v) is 12.0. The van der Waals surface area contributed by atoms with Gasteiger partial charge < -0.3 is 10.4 Å². The minimum absolute atomic E-state index is 0.0800. The fraction of sp³-hybridized carbons (Fsp3) is 0.417. The Morgan fingerprint density at radius 2 is 2.24 bits per heavy atom. The van der Waals surface area contributed by atoms with Crippen molar-refractivity contribution in [2.75, 3.05) is 26.2 Å². The van der Waals surface area contributed by atoms with Crippen LogP contribution in [0.2, 0.25) is 0 Å². The van der Waals surface area contributed by atoms with Gasteiger partial charge in [-0.15, -0.1) is 11.3 Å². The highest BCUT2D eigenvalue weighted by molar-refractivity contribution is 7.12. The Morgan fingerprint density at radius 1 is 1.43 bits per heavy atom. The van der Waals surface area contributed by atoms with E-state index in [4.69, 9.17) is 5.11 Å². The molecule has 0 spiro atoms. The Hall–Kier alpha value is -1.97. The predicted octanol–water partition coefficient (Wildman–Crippen LogP) is -1.13. The summed E-state index contributed by atoms with van der Waals surface area (Å²) < 4.78 is 0. The number of carbonyl (C=O) groups is 3. The van der Waals surface area contributed by atoms with Crippen molar-refractivity contribution in [1.82, 2.24) is 21.1 Å². The van der Waals surface area contributed by atoms with E-state index in [2.05, 4.69) is 16.2 Å². The second-order valence-corrected chi connectivity index (χ2v) is 5.46. The maximum absolute atomic E-state index is 11.8. The number of hydrazine groups is 1. The SMILES string of the molecule is O=C(CN1CCNCC1C(=O)O)NNC(=O)c1cccs1. The number of carbonyl (C=O) groups excluding carboxylic acids is 2. The lowest BCUT2D eigenvalue weighted by atomic mass is 10.2. The highest BCUT2D eigenvalue weighted by atomic mass is 32.1. The van der Waals surface area contributed by atoms with Crippen molar-refractivity contribution >= 4 is 29.1 Å². The maximum Gasteiger partial charge on any atom is 0.322 e. The minimum Gasteiger partial charge on any atom is -0.480 e. The molecule has 1 aromatic heterocycles. The number of hydrogen-bond acceptors (Lipinski definition) is 6. The van der Waals surface area contributed by atoms with Crippen LogP contribution in [0.3, 0.4) is 0 Å². The molecule has 0 aliphatic carbocycles. The lowest BCUT2D eigenvalue weighted by molar-refractivity contribution is -0.144. The van der Waals surface area contributed by atoms with Crippen LogP contribution >= 0.6 is 11.3 Å². The lowest BCUT2D eigenvalue weighted by Crippen LogP contribution is -2.58. The fourth-order valence-electron chi connectivity index (χ4n) is 2.00. The zero-order valence-electron chi connectivity index (χ0n) is 11.2. The molecule has 1 saturated heterocycles. The van der Waals surface area contributed by atoms with Gasteiger partial charge in [0.25, 0.3) is 11.8 Å². The van der Waals surface area contributed by atoms with Gasteiger partial charge in [0.1, 0.15) is 6.04 Å². The number of rotatable bonds is 4. The molecule has 2 rings (SSSR count). The molecular weight excluding hydrogens is 296 g/mol. The Morgan fingerprint density at radius 3 is 2.90 bits per heavy atom. The summed E-state index contributed by atoms with van der Waals surface area (Å²) in [6, 6.07) is 2.64. The van der Waals surface area contributed by atoms with Crippen molar-refractivity contribution in [3.8, 4) is 0 Å². The topological polar surface area (TPSA) is 111 Å². The number of carboxylic acids is 1. The largest absolute Gasteiger partial charge is 0.480 e. The highest BCUT2D eigenvalue weighted by Crippen LogP contribution is 2.07. The monoisotopic (exact) mass is 312 g/mol. The molecule has 1 unspecified atom stereocenters. The van der Waals surface area contributed by atoms with Gasteiger partial charge in [-0.3, -0.25) is 30.1 Å². The number of hydrogen-bond donors (Lipinski definition) is 4. The van der Waals surface area contributed by atoms with Crippen LogP contribution < -0.4 is 16.2 Å². The Bertz CT molecular complexity index is 519. The van der Waals surface area contributed by atoms with E-state index in [1.54, 1.807) is 22.4 Å². The van der Waals surface area contributed by atoms with E-state index in [-0.39, 0.29) is 6.54 Å². The van der Waals surface area contributed by atoms with Crippen LogP contribution in [0.1, 0.15) is 9.67 Å². The average Bonchev–Trinajstić information content (AvgIpc) is 2.99. The molecule has 0 saturated carbocycles. The van der Waals surface area contributed by atoms with Gasteiger partial charge >= 0.3 is 5.97 Å². The van der Waals surface area contributed by atoms with Crippen LogP contribution in [0.4, 0.5) is 0 Å². The fourth-order valence-corrected chi connectivity index (χ4v) is 2.62. The van der Waals surface area contributed by atoms with Gasteiger partial charge in [-0.2, -0.15) is 0 Å². The average molecular weight is 312 g/mol. The molecule has 1 atom stereocenters. The van der Waals surface area contributed by atoms with Crippen LogP contribution in [0.25, 0.3) is 0 Å². The standard InChI is InChI=1S/C12H16N4O4S/c17-10(14-15-11(18)9-2-1-5-21-9)7-16-4-3-13-6-8(16)12(19)20/h1-2,5,8,13H,3-4,6-7H2,(H,14,17)(H,15,18)(H,19,20). The summed E-state index contributed by atoms with van der Waals surface area (Å²) in [5, 5.41) is 13.8. The van der Waals surface area contributed by atoms with Gasteiger partial charge in [-0.25, -0.2) is 0 Å². The molecule has 2 amide bonds. The molecule has 1 fully saturated rings. The first-order valence-corrected chi connectivity index (χ1v) is 7.26. The molecule has 4 N–H and O–H groups in total. The van der Waals surface area contributed by atoms with Gasteiger partial charge in [0.2, 0.25) is 0 Å². The summed E-state index contributed by atoms with van der Waals surface area (Å²) >= 11 is 1.26. The van der Waals surface area contributed by atoms with Crippen molar-refractivity contribution < 1.29 is 19.5 Å². The summed E-state index contributed by atoms with van der Waals surface area (Å²) in [7, 11) is 0. The molecule has 0 bridgehead atoms. The summed E-state index contributed by atoms with van der Waals surface area (Å²) in [6.45, 7) is 1.30. The van der Waals surface area contributed by atoms with E-state index in [1.165, 1.54) is 11.3 Å². The van der Waals surface area contributed by atoms with Gasteiger partial charge in [0.05, 0.1) is 11.4 Å². The number of nitrogens with zero attached hydrogens (tertiary/aromatic N) is 1. The smallest absolute Gasteiger partial charge is 0.322 e. The summed E-state index contributed by atoms with van der Waals surface area (Å²) in [4.78, 5) is 36.6. The molecule has 2 heterocycles. The van der Waals surface area contributed by atoms with E-state index >= 15 is 0 Å². The summed E-state index contributed by atoms with van der Waals surface area (Å²) in [6.07, 6.45) is 0. The molecular formula is C12H16N4O4S. The molecule has 1 aliphatic heterocycles. The van der Waals surface area contributed by atoms with Crippen LogP contribution in [-0.4, -0.2) is 60.0 Å². The number of aliphatic carboxylic acids is 1. The van der Waals surface area contributed by atoms with Crippen LogP contribution in [0.5, 0.6) is 0 Å². The van der Waals surface area contributed by atoms with Crippen molar-refractivity contribution in [3.05, 3.63) is 22.4 Å². The second-order valence-electron chi connectivity index (χ2n) is 4.51. The molecule has 21 heavy (non-hydrogen) atoms. The van der Waals surface area contributed by atoms with Gasteiger partial charge in [-0.1, -0.05) is 6.07 Å². The van der Waals surface area contributed by atoms with E-state index in [1.807, 2.05) is 0 Å². The van der Waals surface area contributed by atoms with Gasteiger partial charge in [-0.05, 0) is 11.4 Å². The number of nitrogens with one attached hydrogen (secondary N) is 3.